The first-order valence-corrected chi connectivity index (χ1v) is 9.58. The Bertz CT molecular complexity index is 771. The summed E-state index contributed by atoms with van der Waals surface area (Å²) in [6.45, 7) is 4.57. The summed E-state index contributed by atoms with van der Waals surface area (Å²) >= 11 is 0. The lowest BCUT2D eigenvalue weighted by molar-refractivity contribution is 0.289. The number of ether oxygens (including phenoxy) is 1. The van der Waals surface area contributed by atoms with E-state index in [0.29, 0.717) is 23.9 Å². The molecule has 2 rings (SSSR count). The summed E-state index contributed by atoms with van der Waals surface area (Å²) in [7, 11) is -1.84. The molecular weight excluding hydrogens is 342 g/mol. The Morgan fingerprint density at radius 1 is 1.28 bits per heavy atom. The smallest absolute Gasteiger partial charge is 0.240 e. The first kappa shape index (κ1) is 19.4. The van der Waals surface area contributed by atoms with Crippen LogP contribution in [0.4, 0.5) is 0 Å². The molecule has 8 nitrogen and oxygen atoms in total. The fourth-order valence-corrected chi connectivity index (χ4v) is 3.62. The molecule has 0 saturated heterocycles. The number of sulfonamides is 1. The van der Waals surface area contributed by atoms with Crippen LogP contribution in [0.3, 0.4) is 0 Å². The lowest BCUT2D eigenvalue weighted by atomic mass is 10.1. The molecule has 25 heavy (non-hydrogen) atoms. The number of benzene rings is 1. The molecule has 9 heteroatoms. The van der Waals surface area contributed by atoms with Crippen molar-refractivity contribution in [1.82, 2.24) is 19.5 Å². The Morgan fingerprint density at radius 2 is 1.96 bits per heavy atom. The van der Waals surface area contributed by atoms with Gasteiger partial charge in [0.05, 0.1) is 4.90 Å². The van der Waals surface area contributed by atoms with Gasteiger partial charge in [-0.05, 0) is 36.6 Å². The van der Waals surface area contributed by atoms with Crippen molar-refractivity contribution in [2.24, 2.45) is 18.7 Å². The third-order valence-electron chi connectivity index (χ3n) is 3.67. The van der Waals surface area contributed by atoms with E-state index in [1.807, 2.05) is 13.8 Å². The quantitative estimate of drug-likeness (QED) is 0.685. The summed E-state index contributed by atoms with van der Waals surface area (Å²) in [6.07, 6.45) is 2.14. The van der Waals surface area contributed by atoms with E-state index < -0.39 is 10.0 Å². The maximum atomic E-state index is 12.5. The molecule has 0 bridgehead atoms. The van der Waals surface area contributed by atoms with Gasteiger partial charge >= 0.3 is 0 Å². The molecule has 2 aromatic rings. The molecule has 0 fully saturated rings. The van der Waals surface area contributed by atoms with Crippen LogP contribution in [0.25, 0.3) is 0 Å². The highest BCUT2D eigenvalue weighted by Gasteiger charge is 2.20. The standard InChI is InChI=1S/C16H25N5O3S/c1-12(2)8-13(9-17)20-25(22,23)15-6-4-14(5-7-15)24-10-16-18-11-19-21(16)3/h4-7,11-13,20H,8-10,17H2,1-3H3. The fraction of sp³-hybridized carbons (Fsp3) is 0.500. The number of rotatable bonds is 9. The van der Waals surface area contributed by atoms with Crippen molar-refractivity contribution in [2.75, 3.05) is 6.54 Å². The Kier molecular flexibility index (Phi) is 6.51. The summed E-state index contributed by atoms with van der Waals surface area (Å²) in [5.41, 5.74) is 5.67. The largest absolute Gasteiger partial charge is 0.486 e. The van der Waals surface area contributed by atoms with Crippen molar-refractivity contribution in [2.45, 2.75) is 37.8 Å². The van der Waals surface area contributed by atoms with E-state index in [4.69, 9.17) is 10.5 Å². The van der Waals surface area contributed by atoms with E-state index in [0.717, 1.165) is 0 Å². The van der Waals surface area contributed by atoms with E-state index >= 15 is 0 Å². The van der Waals surface area contributed by atoms with Gasteiger partial charge in [-0.2, -0.15) is 5.10 Å². The molecule has 3 N–H and O–H groups in total. The van der Waals surface area contributed by atoms with Gasteiger partial charge in [0.25, 0.3) is 0 Å². The molecule has 1 atom stereocenters. The topological polar surface area (TPSA) is 112 Å². The number of aryl methyl sites for hydroxylation is 1. The molecule has 0 aliphatic carbocycles. The summed E-state index contributed by atoms with van der Waals surface area (Å²) in [6, 6.07) is 5.97. The zero-order valence-corrected chi connectivity index (χ0v) is 15.5. The number of nitrogens with two attached hydrogens (primary N) is 1. The lowest BCUT2D eigenvalue weighted by Gasteiger charge is -2.19. The number of nitrogens with one attached hydrogen (secondary N) is 1. The minimum absolute atomic E-state index is 0.181. The van der Waals surface area contributed by atoms with E-state index in [1.165, 1.54) is 18.5 Å². The molecule has 0 radical (unpaired) electrons. The van der Waals surface area contributed by atoms with Crippen molar-refractivity contribution in [1.29, 1.82) is 0 Å². The first-order chi connectivity index (χ1) is 11.8. The average molecular weight is 367 g/mol. The Hall–Kier alpha value is -1.97. The van der Waals surface area contributed by atoms with Gasteiger partial charge in [-0.25, -0.2) is 18.1 Å². The molecule has 138 valence electrons. The molecule has 0 aliphatic rings. The molecule has 1 aromatic carbocycles. The average Bonchev–Trinajstić information content (AvgIpc) is 2.97. The molecule has 1 unspecified atom stereocenters. The van der Waals surface area contributed by atoms with Crippen LogP contribution >= 0.6 is 0 Å². The molecule has 1 heterocycles. The zero-order valence-electron chi connectivity index (χ0n) is 14.7. The molecule has 1 aromatic heterocycles. The molecule has 0 amide bonds. The van der Waals surface area contributed by atoms with Crippen LogP contribution in [0.15, 0.2) is 35.5 Å². The van der Waals surface area contributed by atoms with Gasteiger partial charge < -0.3 is 10.5 Å². The van der Waals surface area contributed by atoms with Crippen LogP contribution in [0.1, 0.15) is 26.1 Å². The van der Waals surface area contributed by atoms with Crippen molar-refractivity contribution in [3.8, 4) is 5.75 Å². The molecule has 0 saturated carbocycles. The van der Waals surface area contributed by atoms with Crippen LogP contribution in [0.2, 0.25) is 0 Å². The van der Waals surface area contributed by atoms with E-state index in [-0.39, 0.29) is 24.1 Å². The SMILES string of the molecule is CC(C)CC(CN)NS(=O)(=O)c1ccc(OCc2ncnn2C)cc1. The van der Waals surface area contributed by atoms with Gasteiger partial charge in [0.2, 0.25) is 10.0 Å². The predicted octanol–water partition coefficient (Wildman–Crippen LogP) is 1.05. The minimum Gasteiger partial charge on any atom is -0.486 e. The maximum absolute atomic E-state index is 12.5. The second-order valence-electron chi connectivity index (χ2n) is 6.24. The van der Waals surface area contributed by atoms with Crippen LogP contribution < -0.4 is 15.2 Å². The summed E-state index contributed by atoms with van der Waals surface area (Å²) in [4.78, 5) is 4.24. The Morgan fingerprint density at radius 3 is 2.48 bits per heavy atom. The Balaban J connectivity index is 2.01. The predicted molar refractivity (Wildman–Crippen MR) is 94.4 cm³/mol. The van der Waals surface area contributed by atoms with Crippen LogP contribution in [0.5, 0.6) is 5.75 Å². The minimum atomic E-state index is -3.61. The number of nitrogens with zero attached hydrogens (tertiary/aromatic N) is 3. The van der Waals surface area contributed by atoms with E-state index in [1.54, 1.807) is 23.9 Å². The van der Waals surface area contributed by atoms with Gasteiger partial charge in [0.1, 0.15) is 18.7 Å². The second kappa shape index (κ2) is 8.41. The highest BCUT2D eigenvalue weighted by molar-refractivity contribution is 7.89. The van der Waals surface area contributed by atoms with E-state index in [2.05, 4.69) is 14.8 Å². The highest BCUT2D eigenvalue weighted by atomic mass is 32.2. The highest BCUT2D eigenvalue weighted by Crippen LogP contribution is 2.18. The summed E-state index contributed by atoms with van der Waals surface area (Å²) in [5.74, 6) is 1.59. The summed E-state index contributed by atoms with van der Waals surface area (Å²) in [5, 5.41) is 3.96. The monoisotopic (exact) mass is 367 g/mol. The first-order valence-electron chi connectivity index (χ1n) is 8.10. The molecule has 0 aliphatic heterocycles. The van der Waals surface area contributed by atoms with Gasteiger partial charge in [0, 0.05) is 19.6 Å². The number of hydrogen-bond acceptors (Lipinski definition) is 6. The maximum Gasteiger partial charge on any atom is 0.240 e. The number of hydrogen-bond donors (Lipinski definition) is 2. The zero-order chi connectivity index (χ0) is 18.4. The van der Waals surface area contributed by atoms with E-state index in [9.17, 15) is 8.42 Å². The normalized spacial score (nSPS) is 13.2. The Labute approximate surface area is 148 Å². The number of aromatic nitrogens is 3. The van der Waals surface area contributed by atoms with Gasteiger partial charge in [-0.1, -0.05) is 13.8 Å². The van der Waals surface area contributed by atoms with Gasteiger partial charge in [-0.15, -0.1) is 0 Å². The van der Waals surface area contributed by atoms with Crippen molar-refractivity contribution < 1.29 is 13.2 Å². The second-order valence-corrected chi connectivity index (χ2v) is 7.96. The third-order valence-corrected chi connectivity index (χ3v) is 5.21. The van der Waals surface area contributed by atoms with Crippen LogP contribution in [0, 0.1) is 5.92 Å². The van der Waals surface area contributed by atoms with Gasteiger partial charge in [0.15, 0.2) is 5.82 Å². The fourth-order valence-electron chi connectivity index (χ4n) is 2.36. The lowest BCUT2D eigenvalue weighted by Crippen LogP contribution is -2.40. The van der Waals surface area contributed by atoms with Gasteiger partial charge in [-0.3, -0.25) is 4.68 Å². The van der Waals surface area contributed by atoms with Crippen molar-refractivity contribution in [3.05, 3.63) is 36.4 Å². The molecular formula is C16H25N5O3S. The third kappa shape index (κ3) is 5.52. The van der Waals surface area contributed by atoms with Crippen LogP contribution in [-0.4, -0.2) is 35.8 Å². The molecule has 0 spiro atoms. The van der Waals surface area contributed by atoms with Crippen molar-refractivity contribution >= 4 is 10.0 Å². The summed E-state index contributed by atoms with van der Waals surface area (Å²) < 4.78 is 34.8. The van der Waals surface area contributed by atoms with Crippen molar-refractivity contribution in [3.63, 3.8) is 0 Å². The van der Waals surface area contributed by atoms with Crippen LogP contribution in [-0.2, 0) is 23.7 Å².